The van der Waals surface area contributed by atoms with Gasteiger partial charge in [0.15, 0.2) is 5.82 Å². The van der Waals surface area contributed by atoms with E-state index in [-0.39, 0.29) is 17.1 Å². The summed E-state index contributed by atoms with van der Waals surface area (Å²) < 4.78 is 4.92. The Morgan fingerprint density at radius 2 is 1.96 bits per heavy atom. The minimum absolute atomic E-state index is 0.103. The van der Waals surface area contributed by atoms with Crippen LogP contribution in [0.2, 0.25) is 0 Å². The largest absolute Gasteiger partial charge is 0.360 e. The summed E-state index contributed by atoms with van der Waals surface area (Å²) in [5.74, 6) is 1.94. The molecule has 0 radical (unpaired) electrons. The quantitative estimate of drug-likeness (QED) is 0.791. The van der Waals surface area contributed by atoms with E-state index in [0.29, 0.717) is 23.2 Å². The summed E-state index contributed by atoms with van der Waals surface area (Å²) in [4.78, 5) is 28.8. The van der Waals surface area contributed by atoms with Gasteiger partial charge in [0, 0.05) is 38.8 Å². The highest BCUT2D eigenvalue weighted by atomic mass is 32.2. The van der Waals surface area contributed by atoms with Crippen LogP contribution in [0, 0.1) is 12.8 Å². The summed E-state index contributed by atoms with van der Waals surface area (Å²) in [5, 5.41) is 6.10. The first-order valence-corrected chi connectivity index (χ1v) is 9.76. The van der Waals surface area contributed by atoms with E-state index in [1.54, 1.807) is 19.9 Å². The molecule has 1 unspecified atom stereocenters. The van der Waals surface area contributed by atoms with Crippen molar-refractivity contribution in [3.8, 4) is 0 Å². The number of thioether (sulfide) groups is 1. The van der Waals surface area contributed by atoms with Crippen molar-refractivity contribution in [1.82, 2.24) is 15.0 Å². The van der Waals surface area contributed by atoms with Gasteiger partial charge in [0.1, 0.15) is 5.76 Å². The number of anilines is 1. The second-order valence-electron chi connectivity index (χ2n) is 6.84. The number of aryl methyl sites for hydroxylation is 1. The van der Waals surface area contributed by atoms with Crippen LogP contribution in [0.15, 0.2) is 10.6 Å². The summed E-state index contributed by atoms with van der Waals surface area (Å²) in [6, 6.07) is 1.66. The Bertz CT molecular complexity index is 582. The summed E-state index contributed by atoms with van der Waals surface area (Å²) in [6.45, 7) is 12.4. The molecule has 1 aromatic rings. The molecule has 0 bridgehead atoms. The highest BCUT2D eigenvalue weighted by Gasteiger charge is 2.23. The summed E-state index contributed by atoms with van der Waals surface area (Å²) in [7, 11) is 0. The maximum Gasteiger partial charge on any atom is 0.238 e. The predicted molar refractivity (Wildman–Crippen MR) is 99.6 cm³/mol. The van der Waals surface area contributed by atoms with E-state index < -0.39 is 0 Å². The van der Waals surface area contributed by atoms with Crippen molar-refractivity contribution in [3.63, 3.8) is 0 Å². The molecule has 0 aliphatic carbocycles. The Balaban J connectivity index is 1.69. The van der Waals surface area contributed by atoms with E-state index in [0.717, 1.165) is 32.7 Å². The van der Waals surface area contributed by atoms with Gasteiger partial charge in [-0.25, -0.2) is 0 Å². The number of carbonyl (C=O) groups excluding carboxylic acids is 2. The minimum atomic E-state index is -0.330. The number of carbonyl (C=O) groups is 2. The van der Waals surface area contributed by atoms with Gasteiger partial charge < -0.3 is 14.7 Å². The zero-order valence-corrected chi connectivity index (χ0v) is 16.3. The molecule has 1 fully saturated rings. The van der Waals surface area contributed by atoms with E-state index in [2.05, 4.69) is 29.2 Å². The van der Waals surface area contributed by atoms with Crippen LogP contribution in [0.25, 0.3) is 0 Å². The summed E-state index contributed by atoms with van der Waals surface area (Å²) >= 11 is 1.35. The Hall–Kier alpha value is -1.54. The van der Waals surface area contributed by atoms with Crippen molar-refractivity contribution < 1.29 is 14.1 Å². The lowest BCUT2D eigenvalue weighted by molar-refractivity contribution is -0.130. The molecule has 140 valence electrons. The first-order valence-electron chi connectivity index (χ1n) is 8.71. The second-order valence-corrected chi connectivity index (χ2v) is 8.17. The number of nitrogens with zero attached hydrogens (tertiary/aromatic N) is 3. The van der Waals surface area contributed by atoms with Crippen molar-refractivity contribution in [1.29, 1.82) is 0 Å². The number of rotatable bonds is 7. The molecule has 2 heterocycles. The van der Waals surface area contributed by atoms with Crippen molar-refractivity contribution in [2.45, 2.75) is 32.9 Å². The van der Waals surface area contributed by atoms with Crippen LogP contribution >= 0.6 is 11.8 Å². The number of piperazine rings is 1. The van der Waals surface area contributed by atoms with Crippen molar-refractivity contribution in [2.75, 3.05) is 43.8 Å². The highest BCUT2D eigenvalue weighted by Crippen LogP contribution is 2.16. The molecule has 1 N–H and O–H groups in total. The number of amides is 2. The zero-order chi connectivity index (χ0) is 18.4. The predicted octanol–water partition coefficient (Wildman–Crippen LogP) is 1.84. The van der Waals surface area contributed by atoms with Crippen LogP contribution in [0.3, 0.4) is 0 Å². The number of hydrogen-bond acceptors (Lipinski definition) is 6. The third kappa shape index (κ3) is 6.36. The van der Waals surface area contributed by atoms with Crippen LogP contribution < -0.4 is 5.32 Å². The van der Waals surface area contributed by atoms with E-state index in [4.69, 9.17) is 4.52 Å². The van der Waals surface area contributed by atoms with Gasteiger partial charge in [-0.2, -0.15) is 0 Å². The average molecular weight is 369 g/mol. The molecule has 1 aliphatic rings. The van der Waals surface area contributed by atoms with E-state index >= 15 is 0 Å². The maximum atomic E-state index is 12.3. The topological polar surface area (TPSA) is 78.7 Å². The molecular formula is C17H28N4O3S. The fraction of sp³-hybridized carbons (Fsp3) is 0.706. The van der Waals surface area contributed by atoms with Crippen molar-refractivity contribution in [3.05, 3.63) is 11.8 Å². The first kappa shape index (κ1) is 19.8. The Labute approximate surface area is 153 Å². The van der Waals surface area contributed by atoms with Crippen LogP contribution in [0.1, 0.15) is 26.5 Å². The van der Waals surface area contributed by atoms with Crippen LogP contribution in [-0.2, 0) is 9.59 Å². The SMILES string of the molecule is Cc1cc(NC(=O)C(C)SCC(=O)N2CCN(CC(C)C)CC2)no1. The molecule has 1 aromatic heterocycles. The number of nitrogens with one attached hydrogen (secondary N) is 1. The summed E-state index contributed by atoms with van der Waals surface area (Å²) in [5.41, 5.74) is 0. The van der Waals surface area contributed by atoms with Gasteiger partial charge in [-0.1, -0.05) is 19.0 Å². The van der Waals surface area contributed by atoms with Crippen molar-refractivity contribution >= 4 is 29.4 Å². The third-order valence-electron chi connectivity index (χ3n) is 4.05. The molecule has 1 atom stereocenters. The molecule has 7 nitrogen and oxygen atoms in total. The van der Waals surface area contributed by atoms with Crippen LogP contribution in [-0.4, -0.2) is 70.5 Å². The number of hydrogen-bond donors (Lipinski definition) is 1. The highest BCUT2D eigenvalue weighted by molar-refractivity contribution is 8.01. The Morgan fingerprint density at radius 1 is 1.28 bits per heavy atom. The van der Waals surface area contributed by atoms with E-state index in [1.165, 1.54) is 11.8 Å². The lowest BCUT2D eigenvalue weighted by atomic mass is 10.2. The lowest BCUT2D eigenvalue weighted by Gasteiger charge is -2.35. The Morgan fingerprint density at radius 3 is 2.52 bits per heavy atom. The van der Waals surface area contributed by atoms with Gasteiger partial charge in [0.05, 0.1) is 11.0 Å². The van der Waals surface area contributed by atoms with Gasteiger partial charge >= 0.3 is 0 Å². The molecule has 2 amide bonds. The maximum absolute atomic E-state index is 12.3. The van der Waals surface area contributed by atoms with Crippen LogP contribution in [0.5, 0.6) is 0 Å². The fourth-order valence-electron chi connectivity index (χ4n) is 2.71. The van der Waals surface area contributed by atoms with Crippen LogP contribution in [0.4, 0.5) is 5.82 Å². The normalized spacial score (nSPS) is 16.9. The molecule has 0 spiro atoms. The molecule has 25 heavy (non-hydrogen) atoms. The van der Waals surface area contributed by atoms with E-state index in [1.807, 2.05) is 4.90 Å². The smallest absolute Gasteiger partial charge is 0.238 e. The van der Waals surface area contributed by atoms with Gasteiger partial charge in [-0.3, -0.25) is 14.5 Å². The lowest BCUT2D eigenvalue weighted by Crippen LogP contribution is -2.50. The molecule has 2 rings (SSSR count). The molecule has 1 saturated heterocycles. The molecular weight excluding hydrogens is 340 g/mol. The van der Waals surface area contributed by atoms with Crippen molar-refractivity contribution in [2.24, 2.45) is 5.92 Å². The third-order valence-corrected chi connectivity index (χ3v) is 5.18. The summed E-state index contributed by atoms with van der Waals surface area (Å²) in [6.07, 6.45) is 0. The molecule has 0 aromatic carbocycles. The fourth-order valence-corrected chi connectivity index (χ4v) is 3.50. The molecule has 1 aliphatic heterocycles. The average Bonchev–Trinajstić information content (AvgIpc) is 2.97. The van der Waals surface area contributed by atoms with Gasteiger partial charge in [0.2, 0.25) is 11.8 Å². The van der Waals surface area contributed by atoms with Gasteiger partial charge in [-0.05, 0) is 19.8 Å². The first-order chi connectivity index (χ1) is 11.8. The standard InChI is InChI=1S/C17H28N4O3S/c1-12(2)10-20-5-7-21(8-6-20)16(22)11-25-14(4)17(23)18-15-9-13(3)24-19-15/h9,12,14H,5-8,10-11H2,1-4H3,(H,18,19,23). The van der Waals surface area contributed by atoms with Gasteiger partial charge in [0.25, 0.3) is 0 Å². The van der Waals surface area contributed by atoms with Gasteiger partial charge in [-0.15, -0.1) is 11.8 Å². The van der Waals surface area contributed by atoms with E-state index in [9.17, 15) is 9.59 Å². The monoisotopic (exact) mass is 368 g/mol. The minimum Gasteiger partial charge on any atom is -0.360 e. The second kappa shape index (κ2) is 9.24. The number of aromatic nitrogens is 1. The molecule has 8 heteroatoms. The zero-order valence-electron chi connectivity index (χ0n) is 15.4. The Kier molecular flexibility index (Phi) is 7.31. The molecule has 0 saturated carbocycles.